The molecule has 0 aromatic carbocycles. The van der Waals surface area contributed by atoms with Gasteiger partial charge >= 0.3 is 0 Å². The van der Waals surface area contributed by atoms with Gasteiger partial charge in [0.1, 0.15) is 134 Å². The van der Waals surface area contributed by atoms with Crippen molar-refractivity contribution >= 4 is 17.3 Å². The fourth-order valence-corrected chi connectivity index (χ4v) is 12.1. The highest BCUT2D eigenvalue weighted by Crippen LogP contribution is 2.37. The summed E-state index contributed by atoms with van der Waals surface area (Å²) >= 11 is 5.69. The molecule has 8 fully saturated rings. The van der Waals surface area contributed by atoms with E-state index in [9.17, 15) is 61.3 Å². The van der Waals surface area contributed by atoms with Gasteiger partial charge in [-0.2, -0.15) is 0 Å². The van der Waals surface area contributed by atoms with Gasteiger partial charge in [-0.3, -0.25) is 0 Å². The Labute approximate surface area is 498 Å². The Hall–Kier alpha value is -1.75. The zero-order valence-corrected chi connectivity index (χ0v) is 47.5. The summed E-state index contributed by atoms with van der Waals surface area (Å²) < 4.78 is 73.1. The van der Waals surface area contributed by atoms with Gasteiger partial charge in [-0.05, 0) is 25.1 Å². The average molecular weight is 1270 g/mol. The number of aliphatic hydroxyl groups is 12. The third kappa shape index (κ3) is 14.7. The third-order valence-electron chi connectivity index (χ3n) is 17.3. The molecule has 2 saturated carbocycles. The van der Waals surface area contributed by atoms with Crippen molar-refractivity contribution < 1.29 is 118 Å². The molecule has 6 heterocycles. The lowest BCUT2D eigenvalue weighted by atomic mass is 9.84. The third-order valence-corrected chi connectivity index (χ3v) is 17.6. The van der Waals surface area contributed by atoms with Crippen LogP contribution in [0.5, 0.6) is 0 Å². The van der Waals surface area contributed by atoms with Gasteiger partial charge in [0, 0.05) is 63.4 Å². The van der Waals surface area contributed by atoms with Crippen molar-refractivity contribution in [2.75, 3.05) is 39.3 Å². The molecule has 86 heavy (non-hydrogen) atoms. The Balaban J connectivity index is 1.00. The molecule has 0 amide bonds. The summed E-state index contributed by atoms with van der Waals surface area (Å²) in [5, 5.41) is 138. The van der Waals surface area contributed by atoms with Gasteiger partial charge in [0.25, 0.3) is 0 Å². The van der Waals surface area contributed by atoms with Gasteiger partial charge < -0.3 is 198 Å². The van der Waals surface area contributed by atoms with Gasteiger partial charge in [0.2, 0.25) is 0 Å². The van der Waals surface area contributed by atoms with E-state index >= 15 is 0 Å². The van der Waals surface area contributed by atoms with Crippen LogP contribution in [0.3, 0.4) is 0 Å². The number of thiocarbonyl (C=S) groups is 1. The van der Waals surface area contributed by atoms with Crippen molar-refractivity contribution in [3.63, 3.8) is 0 Å². The highest BCUT2D eigenvalue weighted by molar-refractivity contribution is 7.80. The molecule has 38 atom stereocenters. The van der Waals surface area contributed by atoms with Crippen LogP contribution in [0.25, 0.3) is 0 Å². The highest BCUT2D eigenvalue weighted by Gasteiger charge is 2.57. The predicted octanol–water partition coefficient (Wildman–Crippen LogP) is -17.3. The standard InChI is InChI=1S/C47H92N14O24S/c48-3-13-25(64)29(68)19(56)41(74-13)80-35-11(54)1-9(52)23(62)39(35)84-45-33(72)37(82-43-21(58)31(70)27(66)15(5-50)76-43)17(78-45)7-60-47(86)61-8-18-38(83-44-22(59)32(71)28(67)16(6-51)77-44)34(73)46(79-18)85-40-24(63)10(53)2-12(55)36(40)81-42-20(57)30(69)26(65)14(4-49)75-42/h9-46,62-73H,1-8,48-59H2,(H2,60,61,86)/t9-,10-,11?,12?,13?,14?,15-,16+,17-,18-,19?,20?,21?,22?,23+,24?,25?,26?,27?,28?,29-,30-,31?,32?,33?,34+,35?,36?,37?,38?,39?,40-,41+,42+,43+,44-,45+,46+/m1/s1. The number of aliphatic hydroxyl groups excluding tert-OH is 12. The van der Waals surface area contributed by atoms with Crippen LogP contribution in [0.1, 0.15) is 12.8 Å². The van der Waals surface area contributed by atoms with E-state index in [0.29, 0.717) is 0 Å². The van der Waals surface area contributed by atoms with E-state index < -0.39 is 233 Å². The largest absolute Gasteiger partial charge is 0.389 e. The quantitative estimate of drug-likeness (QED) is 0.0503. The van der Waals surface area contributed by atoms with Crippen molar-refractivity contribution in [3.05, 3.63) is 0 Å². The van der Waals surface area contributed by atoms with Crippen LogP contribution in [-0.2, 0) is 56.8 Å². The molecule has 0 spiro atoms. The van der Waals surface area contributed by atoms with Crippen LogP contribution in [-0.4, -0.2) is 338 Å². The second kappa shape index (κ2) is 29.9. The summed E-state index contributed by atoms with van der Waals surface area (Å²) in [5.74, 6) is 0. The summed E-state index contributed by atoms with van der Waals surface area (Å²) in [6, 6.07) is -9.58. The maximum Gasteiger partial charge on any atom is 0.187 e. The minimum absolute atomic E-state index is 0.0251. The lowest BCUT2D eigenvalue weighted by Gasteiger charge is -2.47. The fourth-order valence-electron chi connectivity index (χ4n) is 12.0. The second-order valence-corrected chi connectivity index (χ2v) is 23.6. The van der Waals surface area contributed by atoms with E-state index in [0.717, 1.165) is 0 Å². The minimum Gasteiger partial charge on any atom is -0.389 e. The number of nitrogens with two attached hydrogens (primary N) is 12. The average Bonchev–Trinajstić information content (AvgIpc) is 1.82. The van der Waals surface area contributed by atoms with E-state index in [2.05, 4.69) is 10.6 Å². The molecule has 21 unspecified atom stereocenters. The Morgan fingerprint density at radius 1 is 0.314 bits per heavy atom. The zero-order valence-electron chi connectivity index (χ0n) is 46.7. The van der Waals surface area contributed by atoms with Gasteiger partial charge in [0.05, 0.1) is 36.4 Å². The molecule has 6 aliphatic heterocycles. The molecular formula is C47H92N14O24S. The van der Waals surface area contributed by atoms with Crippen LogP contribution in [0.15, 0.2) is 0 Å². The van der Waals surface area contributed by atoms with E-state index in [4.69, 9.17) is 138 Å². The Kier molecular flexibility index (Phi) is 24.4. The van der Waals surface area contributed by atoms with Gasteiger partial charge in [-0.15, -0.1) is 0 Å². The molecule has 500 valence electrons. The monoisotopic (exact) mass is 1270 g/mol. The van der Waals surface area contributed by atoms with Crippen molar-refractivity contribution in [2.24, 2.45) is 68.8 Å². The maximum absolute atomic E-state index is 12.0. The number of hydrogen-bond acceptors (Lipinski definition) is 37. The Bertz CT molecular complexity index is 2010. The lowest BCUT2D eigenvalue weighted by Crippen LogP contribution is -2.68. The maximum atomic E-state index is 12.0. The molecule has 39 heteroatoms. The summed E-state index contributed by atoms with van der Waals surface area (Å²) in [5.41, 5.74) is 73.9. The van der Waals surface area contributed by atoms with Crippen LogP contribution < -0.4 is 79.4 Å². The number of rotatable bonds is 20. The molecule has 0 aromatic rings. The van der Waals surface area contributed by atoms with E-state index in [1.54, 1.807) is 0 Å². The van der Waals surface area contributed by atoms with Crippen LogP contribution >= 0.6 is 12.2 Å². The van der Waals surface area contributed by atoms with Crippen molar-refractivity contribution in [3.8, 4) is 0 Å². The van der Waals surface area contributed by atoms with E-state index in [1.807, 2.05) is 0 Å². The first-order chi connectivity index (χ1) is 40.6. The second-order valence-electron chi connectivity index (χ2n) is 23.2. The molecule has 6 saturated heterocycles. The summed E-state index contributed by atoms with van der Waals surface area (Å²) in [6.07, 6.45) is -44.6. The first-order valence-electron chi connectivity index (χ1n) is 28.5. The summed E-state index contributed by atoms with van der Waals surface area (Å²) in [4.78, 5) is 0. The van der Waals surface area contributed by atoms with Gasteiger partial charge in [-0.25, -0.2) is 0 Å². The number of nitrogens with one attached hydrogen (secondary N) is 2. The molecule has 0 bridgehead atoms. The normalized spacial score (nSPS) is 52.9. The molecule has 38 nitrogen and oxygen atoms in total. The molecule has 8 aliphatic rings. The topological polar surface area (TPSA) is 690 Å². The first kappa shape index (κ1) is 70.1. The zero-order chi connectivity index (χ0) is 63.1. The lowest BCUT2D eigenvalue weighted by molar-refractivity contribution is -0.306. The van der Waals surface area contributed by atoms with Crippen LogP contribution in [0, 0.1) is 0 Å². The van der Waals surface area contributed by atoms with Crippen LogP contribution in [0.4, 0.5) is 0 Å². The van der Waals surface area contributed by atoms with E-state index in [1.165, 1.54) is 0 Å². The van der Waals surface area contributed by atoms with Crippen molar-refractivity contribution in [1.29, 1.82) is 0 Å². The molecule has 0 aromatic heterocycles. The van der Waals surface area contributed by atoms with Crippen molar-refractivity contribution in [2.45, 2.75) is 245 Å². The fraction of sp³-hybridized carbons (Fsp3) is 0.979. The molecule has 8 rings (SSSR count). The van der Waals surface area contributed by atoms with Gasteiger partial charge in [0.15, 0.2) is 42.9 Å². The Morgan fingerprint density at radius 3 is 0.826 bits per heavy atom. The summed E-state index contributed by atoms with van der Waals surface area (Å²) in [6.45, 7) is -1.79. The predicted molar refractivity (Wildman–Crippen MR) is 291 cm³/mol. The molecular weight excluding hydrogens is 1180 g/mol. The molecule has 0 radical (unpaired) electrons. The smallest absolute Gasteiger partial charge is 0.187 e. The minimum atomic E-state index is -1.81. The Morgan fingerprint density at radius 2 is 0.558 bits per heavy atom. The SMILES string of the molecule is NCC1O[C@@H](OC2C(N)C[C@@H](N)[C@H](O)C2O[C@@H]2O[C@H](CNC(=S)NC[C@H]3O[C@@H](O[C@H]4C(O[C@@H]5OC(CN)C(O)[C@H](O)C5N)C(N)C[C@@H](N)C4O)[C@@H](O)C3O[C@H]3O[C@@H](CN)C(O)C(O)C3N)C(O[C@@H]3O[C@H](CN)C(O)C(O)C3N)C2O)C(N)[C@@H](O)C1O. The van der Waals surface area contributed by atoms with E-state index in [-0.39, 0.29) is 57.2 Å². The van der Waals surface area contributed by atoms with Crippen LogP contribution in [0.2, 0.25) is 0 Å². The van der Waals surface area contributed by atoms with Gasteiger partial charge in [-0.1, -0.05) is 0 Å². The molecule has 38 N–H and O–H groups in total. The number of ether oxygens (including phenoxy) is 12. The van der Waals surface area contributed by atoms with Crippen molar-refractivity contribution in [1.82, 2.24) is 10.6 Å². The summed E-state index contributed by atoms with van der Waals surface area (Å²) in [7, 11) is 0. The highest BCUT2D eigenvalue weighted by atomic mass is 32.1. The molecule has 2 aliphatic carbocycles. The number of hydrogen-bond donors (Lipinski definition) is 26. The first-order valence-corrected chi connectivity index (χ1v) is 29.0.